The van der Waals surface area contributed by atoms with Crippen LogP contribution in [0.5, 0.6) is 0 Å². The molecule has 1 aliphatic heterocycles. The van der Waals surface area contributed by atoms with Crippen LogP contribution in [-0.2, 0) is 9.59 Å². The van der Waals surface area contributed by atoms with Gasteiger partial charge in [0.05, 0.1) is 6.04 Å². The van der Waals surface area contributed by atoms with Crippen molar-refractivity contribution in [1.29, 1.82) is 0 Å². The summed E-state index contributed by atoms with van der Waals surface area (Å²) in [7, 11) is 1.77. The van der Waals surface area contributed by atoms with Crippen LogP contribution in [0.2, 0.25) is 0 Å². The van der Waals surface area contributed by atoms with E-state index in [0.29, 0.717) is 6.54 Å². The van der Waals surface area contributed by atoms with E-state index in [1.807, 2.05) is 4.90 Å². The molecule has 0 aromatic carbocycles. The average molecular weight is 241 g/mol. The van der Waals surface area contributed by atoms with E-state index in [-0.39, 0.29) is 17.9 Å². The number of likely N-dealkylation sites (tertiary alicyclic amines) is 1. The van der Waals surface area contributed by atoms with Crippen LogP contribution >= 0.6 is 0 Å². The van der Waals surface area contributed by atoms with Crippen molar-refractivity contribution in [2.75, 3.05) is 20.1 Å². The highest BCUT2D eigenvalue weighted by atomic mass is 16.2. The second-order valence-electron chi connectivity index (χ2n) is 4.87. The Kier molecular flexibility index (Phi) is 4.93. The lowest BCUT2D eigenvalue weighted by Crippen LogP contribution is -2.53. The van der Waals surface area contributed by atoms with Crippen molar-refractivity contribution in [1.82, 2.24) is 9.80 Å². The van der Waals surface area contributed by atoms with E-state index in [9.17, 15) is 9.59 Å². The van der Waals surface area contributed by atoms with E-state index in [1.54, 1.807) is 25.8 Å². The Labute approximate surface area is 103 Å². The number of amides is 2. The van der Waals surface area contributed by atoms with E-state index < -0.39 is 6.04 Å². The van der Waals surface area contributed by atoms with E-state index in [1.165, 1.54) is 0 Å². The highest BCUT2D eigenvalue weighted by Gasteiger charge is 2.29. The second kappa shape index (κ2) is 6.00. The highest BCUT2D eigenvalue weighted by Crippen LogP contribution is 2.18. The van der Waals surface area contributed by atoms with Crippen LogP contribution in [0, 0.1) is 0 Å². The molecule has 0 aromatic rings. The molecular formula is C12H23N3O2. The summed E-state index contributed by atoms with van der Waals surface area (Å²) in [6.45, 7) is 4.62. The first-order chi connectivity index (χ1) is 7.93. The van der Waals surface area contributed by atoms with Crippen molar-refractivity contribution in [3.63, 3.8) is 0 Å². The standard InChI is InChI=1S/C12H23N3O2/c1-9(13)12(17)15-7-5-4-6-11(15)8-14(3)10(2)16/h9,11H,4-8,13H2,1-3H3. The van der Waals surface area contributed by atoms with Crippen LogP contribution in [-0.4, -0.2) is 53.8 Å². The molecule has 5 heteroatoms. The first-order valence-electron chi connectivity index (χ1n) is 6.21. The number of carbonyl (C=O) groups is 2. The lowest BCUT2D eigenvalue weighted by Gasteiger charge is -2.38. The minimum atomic E-state index is -0.460. The summed E-state index contributed by atoms with van der Waals surface area (Å²) >= 11 is 0. The number of nitrogens with zero attached hydrogens (tertiary/aromatic N) is 2. The van der Waals surface area contributed by atoms with Crippen LogP contribution < -0.4 is 5.73 Å². The van der Waals surface area contributed by atoms with Gasteiger partial charge in [0.15, 0.2) is 0 Å². The van der Waals surface area contributed by atoms with Gasteiger partial charge >= 0.3 is 0 Å². The molecule has 0 radical (unpaired) electrons. The van der Waals surface area contributed by atoms with Crippen molar-refractivity contribution in [2.24, 2.45) is 5.73 Å². The highest BCUT2D eigenvalue weighted by molar-refractivity contribution is 5.81. The normalized spacial score (nSPS) is 22.1. The fourth-order valence-electron chi connectivity index (χ4n) is 2.19. The molecule has 5 nitrogen and oxygen atoms in total. The lowest BCUT2D eigenvalue weighted by molar-refractivity contribution is -0.138. The molecule has 1 saturated heterocycles. The summed E-state index contributed by atoms with van der Waals surface area (Å²) in [4.78, 5) is 26.7. The first kappa shape index (κ1) is 14.0. The first-order valence-corrected chi connectivity index (χ1v) is 6.21. The minimum Gasteiger partial charge on any atom is -0.344 e. The van der Waals surface area contributed by atoms with Gasteiger partial charge in [0, 0.05) is 33.1 Å². The van der Waals surface area contributed by atoms with E-state index in [2.05, 4.69) is 0 Å². The summed E-state index contributed by atoms with van der Waals surface area (Å²) in [5.74, 6) is 0.0235. The Hall–Kier alpha value is -1.10. The van der Waals surface area contributed by atoms with Gasteiger partial charge in [0.1, 0.15) is 0 Å². The molecule has 2 N–H and O–H groups in total. The third kappa shape index (κ3) is 3.70. The lowest BCUT2D eigenvalue weighted by atomic mass is 10.0. The summed E-state index contributed by atoms with van der Waals surface area (Å²) in [6.07, 6.45) is 3.09. The van der Waals surface area contributed by atoms with Crippen molar-refractivity contribution in [3.05, 3.63) is 0 Å². The Morgan fingerprint density at radius 2 is 2.12 bits per heavy atom. The molecule has 0 saturated carbocycles. The molecule has 1 heterocycles. The summed E-state index contributed by atoms with van der Waals surface area (Å²) in [5, 5.41) is 0. The van der Waals surface area contributed by atoms with Gasteiger partial charge < -0.3 is 15.5 Å². The maximum Gasteiger partial charge on any atom is 0.239 e. The Morgan fingerprint density at radius 1 is 1.47 bits per heavy atom. The van der Waals surface area contributed by atoms with Gasteiger partial charge in [-0.25, -0.2) is 0 Å². The van der Waals surface area contributed by atoms with Crippen LogP contribution in [0.25, 0.3) is 0 Å². The van der Waals surface area contributed by atoms with Gasteiger partial charge in [-0.3, -0.25) is 9.59 Å². The van der Waals surface area contributed by atoms with Crippen molar-refractivity contribution in [2.45, 2.75) is 45.2 Å². The van der Waals surface area contributed by atoms with E-state index >= 15 is 0 Å². The predicted molar refractivity (Wildman–Crippen MR) is 66.3 cm³/mol. The predicted octanol–water partition coefficient (Wildman–Crippen LogP) is 0.193. The van der Waals surface area contributed by atoms with Gasteiger partial charge in [-0.05, 0) is 26.2 Å². The quantitative estimate of drug-likeness (QED) is 0.767. The van der Waals surface area contributed by atoms with Gasteiger partial charge in [-0.1, -0.05) is 0 Å². The number of likely N-dealkylation sites (N-methyl/N-ethyl adjacent to an activating group) is 1. The van der Waals surface area contributed by atoms with Crippen molar-refractivity contribution >= 4 is 11.8 Å². The molecule has 2 atom stereocenters. The number of nitrogens with two attached hydrogens (primary N) is 1. The van der Waals surface area contributed by atoms with Crippen LogP contribution in [0.1, 0.15) is 33.1 Å². The Balaban J connectivity index is 2.66. The third-order valence-corrected chi connectivity index (χ3v) is 3.32. The molecule has 2 unspecified atom stereocenters. The van der Waals surface area contributed by atoms with Crippen LogP contribution in [0.4, 0.5) is 0 Å². The molecule has 0 spiro atoms. The molecule has 0 bridgehead atoms. The summed E-state index contributed by atoms with van der Waals surface area (Å²) in [5.41, 5.74) is 5.65. The summed E-state index contributed by atoms with van der Waals surface area (Å²) < 4.78 is 0. The number of carbonyl (C=O) groups excluding carboxylic acids is 2. The molecule has 1 aliphatic rings. The monoisotopic (exact) mass is 241 g/mol. The van der Waals surface area contributed by atoms with Crippen molar-refractivity contribution < 1.29 is 9.59 Å². The van der Waals surface area contributed by atoms with Crippen LogP contribution in [0.15, 0.2) is 0 Å². The zero-order valence-corrected chi connectivity index (χ0v) is 11.0. The zero-order chi connectivity index (χ0) is 13.0. The molecule has 17 heavy (non-hydrogen) atoms. The molecule has 0 aromatic heterocycles. The smallest absolute Gasteiger partial charge is 0.239 e. The van der Waals surface area contributed by atoms with Crippen LogP contribution in [0.3, 0.4) is 0 Å². The number of hydrogen-bond acceptors (Lipinski definition) is 3. The van der Waals surface area contributed by atoms with Gasteiger partial charge in [-0.2, -0.15) is 0 Å². The fraction of sp³-hybridized carbons (Fsp3) is 0.833. The van der Waals surface area contributed by atoms with E-state index in [0.717, 1.165) is 25.8 Å². The molecule has 2 amide bonds. The van der Waals surface area contributed by atoms with Gasteiger partial charge in [0.2, 0.25) is 11.8 Å². The molecule has 1 fully saturated rings. The summed E-state index contributed by atoms with van der Waals surface area (Å²) in [6, 6.07) is -0.339. The number of piperidine rings is 1. The Bertz CT molecular complexity index is 291. The molecule has 0 aliphatic carbocycles. The average Bonchev–Trinajstić information content (AvgIpc) is 2.28. The van der Waals surface area contributed by atoms with Crippen molar-refractivity contribution in [3.8, 4) is 0 Å². The number of hydrogen-bond donors (Lipinski definition) is 1. The fourth-order valence-corrected chi connectivity index (χ4v) is 2.19. The third-order valence-electron chi connectivity index (χ3n) is 3.32. The number of rotatable bonds is 3. The molecule has 1 rings (SSSR count). The Morgan fingerprint density at radius 3 is 2.65 bits per heavy atom. The maximum absolute atomic E-state index is 12.0. The molecular weight excluding hydrogens is 218 g/mol. The van der Waals surface area contributed by atoms with Gasteiger partial charge in [0.25, 0.3) is 0 Å². The van der Waals surface area contributed by atoms with Gasteiger partial charge in [-0.15, -0.1) is 0 Å². The SMILES string of the molecule is CC(=O)N(C)CC1CCCCN1C(=O)C(C)N. The largest absolute Gasteiger partial charge is 0.344 e. The molecule has 98 valence electrons. The second-order valence-corrected chi connectivity index (χ2v) is 4.87. The zero-order valence-electron chi connectivity index (χ0n) is 11.0. The topological polar surface area (TPSA) is 66.6 Å². The maximum atomic E-state index is 12.0. The van der Waals surface area contributed by atoms with E-state index in [4.69, 9.17) is 5.73 Å². The minimum absolute atomic E-state index is 0.00773.